The lowest BCUT2D eigenvalue weighted by molar-refractivity contribution is 0.344. The first-order valence-electron chi connectivity index (χ1n) is 6.23. The van der Waals surface area contributed by atoms with Gasteiger partial charge in [0.15, 0.2) is 0 Å². The molecule has 4 heteroatoms. The molecule has 0 spiro atoms. The molecule has 2 nitrogen and oxygen atoms in total. The summed E-state index contributed by atoms with van der Waals surface area (Å²) in [4.78, 5) is 0. The van der Waals surface area contributed by atoms with Crippen LogP contribution in [0.5, 0.6) is 5.75 Å². The minimum atomic E-state index is -0.197. The number of nitriles is 1. The van der Waals surface area contributed by atoms with Crippen LogP contribution in [0.2, 0.25) is 0 Å². The van der Waals surface area contributed by atoms with Gasteiger partial charge in [0.2, 0.25) is 0 Å². The normalized spacial score (nSPS) is 10.0. The number of halogens is 1. The van der Waals surface area contributed by atoms with Gasteiger partial charge in [0.1, 0.15) is 11.6 Å². The molecule has 2 aromatic rings. The molecule has 20 heavy (non-hydrogen) atoms. The van der Waals surface area contributed by atoms with Crippen LogP contribution >= 0.6 is 11.8 Å². The zero-order chi connectivity index (χ0) is 14.2. The van der Waals surface area contributed by atoms with Crippen molar-refractivity contribution in [1.82, 2.24) is 0 Å². The van der Waals surface area contributed by atoms with Gasteiger partial charge >= 0.3 is 0 Å². The van der Waals surface area contributed by atoms with E-state index in [9.17, 15) is 4.39 Å². The molecule has 0 saturated carbocycles. The SMILES string of the molecule is N#Cc1ccc(OCCSCc2cccc(F)c2)cc1. The molecule has 0 aliphatic heterocycles. The van der Waals surface area contributed by atoms with Gasteiger partial charge in [0, 0.05) is 11.5 Å². The van der Waals surface area contributed by atoms with E-state index < -0.39 is 0 Å². The molecule has 0 bridgehead atoms. The first kappa shape index (κ1) is 14.4. The standard InChI is InChI=1S/C16H14FNOS/c17-15-3-1-2-14(10-15)12-20-9-8-19-16-6-4-13(11-18)5-7-16/h1-7,10H,8-9,12H2. The summed E-state index contributed by atoms with van der Waals surface area (Å²) in [7, 11) is 0. The van der Waals surface area contributed by atoms with Crippen molar-refractivity contribution < 1.29 is 9.13 Å². The molecule has 2 rings (SSSR count). The van der Waals surface area contributed by atoms with Crippen molar-refractivity contribution in [2.75, 3.05) is 12.4 Å². The Morgan fingerprint density at radius 1 is 1.15 bits per heavy atom. The number of rotatable bonds is 6. The van der Waals surface area contributed by atoms with Crippen LogP contribution in [0.15, 0.2) is 48.5 Å². The summed E-state index contributed by atoms with van der Waals surface area (Å²) in [6.07, 6.45) is 0. The summed E-state index contributed by atoms with van der Waals surface area (Å²) in [6, 6.07) is 15.7. The molecule has 0 aliphatic carbocycles. The predicted octanol–water partition coefficient (Wildman–Crippen LogP) is 4.01. The average Bonchev–Trinajstić information content (AvgIpc) is 2.48. The Kier molecular flexibility index (Phi) is 5.45. The van der Waals surface area contributed by atoms with Crippen LogP contribution in [-0.4, -0.2) is 12.4 Å². The van der Waals surface area contributed by atoms with E-state index in [0.29, 0.717) is 12.2 Å². The summed E-state index contributed by atoms with van der Waals surface area (Å²) >= 11 is 1.70. The summed E-state index contributed by atoms with van der Waals surface area (Å²) in [5.74, 6) is 2.16. The molecule has 0 N–H and O–H groups in total. The van der Waals surface area contributed by atoms with Crippen LogP contribution in [0.3, 0.4) is 0 Å². The number of thioether (sulfide) groups is 1. The van der Waals surface area contributed by atoms with Crippen LogP contribution in [0.25, 0.3) is 0 Å². The van der Waals surface area contributed by atoms with Gasteiger partial charge in [-0.2, -0.15) is 17.0 Å². The van der Waals surface area contributed by atoms with E-state index in [4.69, 9.17) is 10.00 Å². The largest absolute Gasteiger partial charge is 0.493 e. The molecular formula is C16H14FNOS. The second-order valence-electron chi connectivity index (χ2n) is 4.17. The molecule has 0 amide bonds. The fourth-order valence-corrected chi connectivity index (χ4v) is 2.42. The van der Waals surface area contributed by atoms with Crippen LogP contribution in [0.4, 0.5) is 4.39 Å². The third-order valence-electron chi connectivity index (χ3n) is 2.64. The third-order valence-corrected chi connectivity index (χ3v) is 3.63. The highest BCUT2D eigenvalue weighted by molar-refractivity contribution is 7.98. The van der Waals surface area contributed by atoms with Crippen molar-refractivity contribution >= 4 is 11.8 Å². The molecule has 0 fully saturated rings. The van der Waals surface area contributed by atoms with E-state index in [-0.39, 0.29) is 5.82 Å². The quantitative estimate of drug-likeness (QED) is 0.753. The second-order valence-corrected chi connectivity index (χ2v) is 5.27. The van der Waals surface area contributed by atoms with Crippen LogP contribution in [-0.2, 0) is 5.75 Å². The van der Waals surface area contributed by atoms with Crippen LogP contribution in [0, 0.1) is 17.1 Å². The number of hydrogen-bond acceptors (Lipinski definition) is 3. The highest BCUT2D eigenvalue weighted by Crippen LogP contribution is 2.15. The van der Waals surface area contributed by atoms with Gasteiger partial charge in [-0.15, -0.1) is 0 Å². The second kappa shape index (κ2) is 7.56. The van der Waals surface area contributed by atoms with Crippen molar-refractivity contribution in [2.45, 2.75) is 5.75 Å². The first-order valence-corrected chi connectivity index (χ1v) is 7.38. The van der Waals surface area contributed by atoms with Crippen molar-refractivity contribution in [2.24, 2.45) is 0 Å². The summed E-state index contributed by atoms with van der Waals surface area (Å²) in [5.41, 5.74) is 1.60. The van der Waals surface area contributed by atoms with E-state index in [2.05, 4.69) is 6.07 Å². The van der Waals surface area contributed by atoms with Crippen LogP contribution in [0.1, 0.15) is 11.1 Å². The smallest absolute Gasteiger partial charge is 0.123 e. The van der Waals surface area contributed by atoms with Gasteiger partial charge in [0.05, 0.1) is 18.2 Å². The third kappa shape index (κ3) is 4.60. The van der Waals surface area contributed by atoms with Gasteiger partial charge in [-0.3, -0.25) is 0 Å². The minimum Gasteiger partial charge on any atom is -0.493 e. The highest BCUT2D eigenvalue weighted by atomic mass is 32.2. The lowest BCUT2D eigenvalue weighted by atomic mass is 10.2. The Bertz CT molecular complexity index is 592. The van der Waals surface area contributed by atoms with Gasteiger partial charge in [-0.05, 0) is 42.0 Å². The number of nitrogens with zero attached hydrogens (tertiary/aromatic N) is 1. The lowest BCUT2D eigenvalue weighted by Gasteiger charge is -2.06. The molecule has 0 aromatic heterocycles. The van der Waals surface area contributed by atoms with E-state index in [0.717, 1.165) is 22.8 Å². The Labute approximate surface area is 122 Å². The molecule has 0 saturated heterocycles. The van der Waals surface area contributed by atoms with Crippen molar-refractivity contribution in [3.63, 3.8) is 0 Å². The zero-order valence-electron chi connectivity index (χ0n) is 10.9. The maximum atomic E-state index is 13.0. The lowest BCUT2D eigenvalue weighted by Crippen LogP contribution is -2.00. The molecule has 0 heterocycles. The zero-order valence-corrected chi connectivity index (χ0v) is 11.7. The van der Waals surface area contributed by atoms with Crippen molar-refractivity contribution in [3.8, 4) is 11.8 Å². The topological polar surface area (TPSA) is 33.0 Å². The number of hydrogen-bond donors (Lipinski definition) is 0. The van der Waals surface area contributed by atoms with E-state index in [1.54, 1.807) is 48.2 Å². The summed E-state index contributed by atoms with van der Waals surface area (Å²) in [6.45, 7) is 0.589. The monoisotopic (exact) mass is 287 g/mol. The fraction of sp³-hybridized carbons (Fsp3) is 0.188. The molecule has 0 radical (unpaired) electrons. The highest BCUT2D eigenvalue weighted by Gasteiger charge is 1.97. The number of ether oxygens (including phenoxy) is 1. The fourth-order valence-electron chi connectivity index (χ4n) is 1.66. The minimum absolute atomic E-state index is 0.197. The Morgan fingerprint density at radius 2 is 1.95 bits per heavy atom. The van der Waals surface area contributed by atoms with E-state index >= 15 is 0 Å². The van der Waals surface area contributed by atoms with Crippen LogP contribution < -0.4 is 4.74 Å². The van der Waals surface area contributed by atoms with Gasteiger partial charge in [-0.1, -0.05) is 12.1 Å². The molecule has 0 atom stereocenters. The van der Waals surface area contributed by atoms with E-state index in [1.807, 2.05) is 6.07 Å². The maximum Gasteiger partial charge on any atom is 0.123 e. The Hall–Kier alpha value is -1.99. The predicted molar refractivity (Wildman–Crippen MR) is 79.2 cm³/mol. The van der Waals surface area contributed by atoms with Crippen molar-refractivity contribution in [3.05, 3.63) is 65.5 Å². The molecule has 102 valence electrons. The Balaban J connectivity index is 1.67. The average molecular weight is 287 g/mol. The Morgan fingerprint density at radius 3 is 2.65 bits per heavy atom. The number of benzene rings is 2. The molecule has 2 aromatic carbocycles. The maximum absolute atomic E-state index is 13.0. The summed E-state index contributed by atoms with van der Waals surface area (Å²) < 4.78 is 18.5. The summed E-state index contributed by atoms with van der Waals surface area (Å²) in [5, 5.41) is 8.68. The first-order chi connectivity index (χ1) is 9.78. The van der Waals surface area contributed by atoms with Gasteiger partial charge < -0.3 is 4.74 Å². The van der Waals surface area contributed by atoms with Crippen molar-refractivity contribution in [1.29, 1.82) is 5.26 Å². The molecule has 0 aliphatic rings. The molecule has 0 unspecified atom stereocenters. The van der Waals surface area contributed by atoms with Gasteiger partial charge in [-0.25, -0.2) is 4.39 Å². The van der Waals surface area contributed by atoms with Gasteiger partial charge in [0.25, 0.3) is 0 Å². The molecular weight excluding hydrogens is 273 g/mol. The van der Waals surface area contributed by atoms with E-state index in [1.165, 1.54) is 6.07 Å².